The van der Waals surface area contributed by atoms with Crippen molar-refractivity contribution in [2.24, 2.45) is 0 Å². The first-order valence-corrected chi connectivity index (χ1v) is 8.22. The van der Waals surface area contributed by atoms with Gasteiger partial charge in [0.2, 0.25) is 0 Å². The summed E-state index contributed by atoms with van der Waals surface area (Å²) < 4.78 is 10.4. The zero-order chi connectivity index (χ0) is 18.7. The van der Waals surface area contributed by atoms with Gasteiger partial charge in [0.25, 0.3) is 5.91 Å². The van der Waals surface area contributed by atoms with Crippen LogP contribution in [0.1, 0.15) is 26.5 Å². The summed E-state index contributed by atoms with van der Waals surface area (Å²) >= 11 is 5.90. The summed E-state index contributed by atoms with van der Waals surface area (Å²) in [5.41, 5.74) is 1.85. The number of halogens is 1. The van der Waals surface area contributed by atoms with E-state index < -0.39 is 5.97 Å². The van der Waals surface area contributed by atoms with E-state index in [-0.39, 0.29) is 11.5 Å². The first-order chi connectivity index (χ1) is 12.5. The standard InChI is InChI=1S/C20H16ClNO4/c1-12-16(11-18(26-12)13-7-9-14(21)10-8-13)19(23)22-17-6-4-3-5-15(17)20(24)25-2/h3-11H,1-2H3,(H,22,23). The number of benzene rings is 2. The van der Waals surface area contributed by atoms with Gasteiger partial charge in [-0.15, -0.1) is 0 Å². The van der Waals surface area contributed by atoms with Crippen molar-refractivity contribution in [3.05, 3.63) is 76.5 Å². The Hall–Kier alpha value is -3.05. The Balaban J connectivity index is 1.88. The number of hydrogen-bond acceptors (Lipinski definition) is 4. The van der Waals surface area contributed by atoms with Crippen LogP contribution >= 0.6 is 11.6 Å². The fraction of sp³-hybridized carbons (Fsp3) is 0.100. The molecule has 5 nitrogen and oxygen atoms in total. The number of methoxy groups -OCH3 is 1. The molecule has 0 fully saturated rings. The molecule has 3 aromatic rings. The minimum absolute atomic E-state index is 0.280. The summed E-state index contributed by atoms with van der Waals surface area (Å²) in [7, 11) is 1.29. The zero-order valence-corrected chi connectivity index (χ0v) is 15.0. The normalized spacial score (nSPS) is 10.4. The number of furan rings is 1. The van der Waals surface area contributed by atoms with Gasteiger partial charge in [0.15, 0.2) is 0 Å². The summed E-state index contributed by atoms with van der Waals surface area (Å²) in [5.74, 6) is 0.142. The maximum Gasteiger partial charge on any atom is 0.339 e. The molecule has 0 atom stereocenters. The molecule has 0 saturated heterocycles. The average molecular weight is 370 g/mol. The van der Waals surface area contributed by atoms with E-state index >= 15 is 0 Å². The van der Waals surface area contributed by atoms with Crippen molar-refractivity contribution in [3.63, 3.8) is 0 Å². The van der Waals surface area contributed by atoms with Crippen molar-refractivity contribution >= 4 is 29.2 Å². The molecule has 0 aliphatic rings. The van der Waals surface area contributed by atoms with Gasteiger partial charge in [0.1, 0.15) is 11.5 Å². The second-order valence-corrected chi connectivity index (χ2v) is 6.02. The molecule has 132 valence electrons. The minimum Gasteiger partial charge on any atom is -0.465 e. The molecule has 0 unspecified atom stereocenters. The molecule has 0 aliphatic carbocycles. The van der Waals surface area contributed by atoms with Crippen molar-refractivity contribution in [3.8, 4) is 11.3 Å². The lowest BCUT2D eigenvalue weighted by atomic mass is 10.1. The number of ether oxygens (including phenoxy) is 1. The van der Waals surface area contributed by atoms with E-state index in [1.54, 1.807) is 49.4 Å². The van der Waals surface area contributed by atoms with Gasteiger partial charge in [-0.3, -0.25) is 4.79 Å². The van der Waals surface area contributed by atoms with Gasteiger partial charge in [-0.1, -0.05) is 23.7 Å². The van der Waals surface area contributed by atoms with Crippen LogP contribution in [0.5, 0.6) is 0 Å². The van der Waals surface area contributed by atoms with Crippen LogP contribution in [0.2, 0.25) is 5.02 Å². The predicted molar refractivity (Wildman–Crippen MR) is 99.6 cm³/mol. The Morgan fingerprint density at radius 1 is 1.04 bits per heavy atom. The lowest BCUT2D eigenvalue weighted by molar-refractivity contribution is 0.0602. The number of nitrogens with one attached hydrogen (secondary N) is 1. The molecule has 6 heteroatoms. The topological polar surface area (TPSA) is 68.5 Å². The van der Waals surface area contributed by atoms with Crippen molar-refractivity contribution in [1.29, 1.82) is 0 Å². The van der Waals surface area contributed by atoms with Crippen molar-refractivity contribution in [1.82, 2.24) is 0 Å². The minimum atomic E-state index is -0.522. The SMILES string of the molecule is COC(=O)c1ccccc1NC(=O)c1cc(-c2ccc(Cl)cc2)oc1C. The fourth-order valence-corrected chi connectivity index (χ4v) is 2.66. The van der Waals surface area contributed by atoms with Gasteiger partial charge in [-0.25, -0.2) is 4.79 Å². The summed E-state index contributed by atoms with van der Waals surface area (Å²) in [4.78, 5) is 24.5. The maximum atomic E-state index is 12.7. The van der Waals surface area contributed by atoms with Gasteiger partial charge in [-0.2, -0.15) is 0 Å². The van der Waals surface area contributed by atoms with Crippen LogP contribution in [0.3, 0.4) is 0 Å². The summed E-state index contributed by atoms with van der Waals surface area (Å²) in [6, 6.07) is 15.4. The molecule has 2 aromatic carbocycles. The molecule has 0 saturated carbocycles. The molecule has 3 rings (SSSR count). The monoisotopic (exact) mass is 369 g/mol. The first-order valence-electron chi connectivity index (χ1n) is 7.84. The quantitative estimate of drug-likeness (QED) is 0.661. The van der Waals surface area contributed by atoms with Gasteiger partial charge >= 0.3 is 5.97 Å². The van der Waals surface area contributed by atoms with Crippen LogP contribution in [-0.2, 0) is 4.74 Å². The smallest absolute Gasteiger partial charge is 0.339 e. The van der Waals surface area contributed by atoms with Crippen LogP contribution in [0.25, 0.3) is 11.3 Å². The molecule has 0 aliphatic heterocycles. The van der Waals surface area contributed by atoms with Gasteiger partial charge in [0.05, 0.1) is 23.9 Å². The number of amides is 1. The number of anilines is 1. The lowest BCUT2D eigenvalue weighted by Gasteiger charge is -2.08. The number of carbonyl (C=O) groups excluding carboxylic acids is 2. The van der Waals surface area contributed by atoms with E-state index in [1.807, 2.05) is 12.1 Å². The highest BCUT2D eigenvalue weighted by Crippen LogP contribution is 2.27. The predicted octanol–water partition coefficient (Wildman–Crippen LogP) is 4.95. The molecule has 1 aromatic heterocycles. The third-order valence-electron chi connectivity index (χ3n) is 3.87. The van der Waals surface area contributed by atoms with Gasteiger partial charge in [-0.05, 0) is 49.4 Å². The number of aryl methyl sites for hydroxylation is 1. The van der Waals surface area contributed by atoms with Gasteiger partial charge < -0.3 is 14.5 Å². The Morgan fingerprint density at radius 2 is 1.73 bits per heavy atom. The number of carbonyl (C=O) groups is 2. The van der Waals surface area contributed by atoms with Crippen LogP contribution in [0, 0.1) is 6.92 Å². The zero-order valence-electron chi connectivity index (χ0n) is 14.2. The molecule has 1 heterocycles. The summed E-state index contributed by atoms with van der Waals surface area (Å²) in [5, 5.41) is 3.36. The Bertz CT molecular complexity index is 960. The lowest BCUT2D eigenvalue weighted by Crippen LogP contribution is -2.15. The van der Waals surface area contributed by atoms with Crippen LogP contribution < -0.4 is 5.32 Å². The molecular formula is C20H16ClNO4. The second kappa shape index (κ2) is 7.45. The first kappa shape index (κ1) is 17.8. The molecule has 1 N–H and O–H groups in total. The van der Waals surface area contributed by atoms with Crippen LogP contribution in [0.4, 0.5) is 5.69 Å². The Morgan fingerprint density at radius 3 is 2.42 bits per heavy atom. The molecule has 0 spiro atoms. The van der Waals surface area contributed by atoms with Crippen LogP contribution in [0.15, 0.2) is 59.0 Å². The summed E-state index contributed by atoms with van der Waals surface area (Å²) in [6.07, 6.45) is 0. The Labute approximate surface area is 155 Å². The fourth-order valence-electron chi connectivity index (χ4n) is 2.53. The number of rotatable bonds is 4. The largest absolute Gasteiger partial charge is 0.465 e. The maximum absolute atomic E-state index is 12.7. The molecule has 26 heavy (non-hydrogen) atoms. The summed E-state index contributed by atoms with van der Waals surface area (Å²) in [6.45, 7) is 1.71. The van der Waals surface area contributed by atoms with Crippen molar-refractivity contribution in [2.75, 3.05) is 12.4 Å². The third kappa shape index (κ3) is 3.63. The number of para-hydroxylation sites is 1. The van der Waals surface area contributed by atoms with E-state index in [2.05, 4.69) is 5.32 Å². The van der Waals surface area contributed by atoms with E-state index in [9.17, 15) is 9.59 Å². The second-order valence-electron chi connectivity index (χ2n) is 5.58. The van der Waals surface area contributed by atoms with E-state index in [0.29, 0.717) is 27.8 Å². The molecule has 0 bridgehead atoms. The molecule has 1 amide bonds. The van der Waals surface area contributed by atoms with E-state index in [1.165, 1.54) is 7.11 Å². The third-order valence-corrected chi connectivity index (χ3v) is 4.12. The highest BCUT2D eigenvalue weighted by molar-refractivity contribution is 6.30. The van der Waals surface area contributed by atoms with Crippen molar-refractivity contribution < 1.29 is 18.7 Å². The molecular weight excluding hydrogens is 354 g/mol. The van der Waals surface area contributed by atoms with E-state index in [4.69, 9.17) is 20.8 Å². The Kier molecular flexibility index (Phi) is 5.09. The van der Waals surface area contributed by atoms with Crippen molar-refractivity contribution in [2.45, 2.75) is 6.92 Å². The van der Waals surface area contributed by atoms with Crippen LogP contribution in [-0.4, -0.2) is 19.0 Å². The molecule has 0 radical (unpaired) electrons. The number of esters is 1. The van der Waals surface area contributed by atoms with Gasteiger partial charge in [0, 0.05) is 10.6 Å². The average Bonchev–Trinajstić information content (AvgIpc) is 3.04. The van der Waals surface area contributed by atoms with E-state index in [0.717, 1.165) is 5.56 Å². The highest BCUT2D eigenvalue weighted by atomic mass is 35.5. The number of hydrogen-bond donors (Lipinski definition) is 1. The highest BCUT2D eigenvalue weighted by Gasteiger charge is 2.19.